The van der Waals surface area contributed by atoms with Gasteiger partial charge in [-0.2, -0.15) is 0 Å². The molecule has 0 amide bonds. The predicted octanol–water partition coefficient (Wildman–Crippen LogP) is 4.16. The van der Waals surface area contributed by atoms with Crippen LogP contribution in [0, 0.1) is 0 Å². The molecule has 0 spiro atoms. The lowest BCUT2D eigenvalue weighted by atomic mass is 10.2. The van der Waals surface area contributed by atoms with Crippen LogP contribution in [0.1, 0.15) is 27.7 Å². The maximum atomic E-state index is 10.2. The van der Waals surface area contributed by atoms with E-state index in [-0.39, 0.29) is 0 Å². The van der Waals surface area contributed by atoms with Crippen LogP contribution in [0.2, 0.25) is 0 Å². The Kier molecular flexibility index (Phi) is 7.78. The topological polar surface area (TPSA) is 17.1 Å². The molecular weight excluding hydrogens is 196 g/mol. The zero-order chi connectivity index (χ0) is 12.4. The van der Waals surface area contributed by atoms with E-state index in [0.717, 1.165) is 11.9 Å². The highest BCUT2D eigenvalue weighted by atomic mass is 16.1. The molecule has 0 aromatic rings. The Morgan fingerprint density at radius 3 is 1.75 bits per heavy atom. The zero-order valence-corrected chi connectivity index (χ0v) is 10.5. The molecule has 0 saturated heterocycles. The highest BCUT2D eigenvalue weighted by Crippen LogP contribution is 1.99. The summed E-state index contributed by atoms with van der Waals surface area (Å²) >= 11 is 0. The lowest BCUT2D eigenvalue weighted by Crippen LogP contribution is -1.70. The van der Waals surface area contributed by atoms with Crippen molar-refractivity contribution in [1.29, 1.82) is 0 Å². The second-order valence-corrected chi connectivity index (χ2v) is 3.92. The summed E-state index contributed by atoms with van der Waals surface area (Å²) in [6.07, 6.45) is 14.4. The Morgan fingerprint density at radius 1 is 0.750 bits per heavy atom. The van der Waals surface area contributed by atoms with Crippen molar-refractivity contribution in [3.05, 3.63) is 59.3 Å². The molecule has 0 aromatic heterocycles. The molecule has 0 unspecified atom stereocenters. The molecule has 0 aliphatic rings. The Labute approximate surface area is 98.6 Å². The summed E-state index contributed by atoms with van der Waals surface area (Å²) in [4.78, 5) is 10.2. The van der Waals surface area contributed by atoms with E-state index >= 15 is 0 Å². The molecule has 86 valence electrons. The van der Waals surface area contributed by atoms with Crippen LogP contribution < -0.4 is 0 Å². The van der Waals surface area contributed by atoms with Gasteiger partial charge in [-0.25, -0.2) is 0 Å². The van der Waals surface area contributed by atoms with Crippen LogP contribution in [-0.2, 0) is 4.79 Å². The average molecular weight is 216 g/mol. The maximum Gasteiger partial charge on any atom is 0.143 e. The first kappa shape index (κ1) is 14.4. The molecule has 1 heteroatoms. The fraction of sp³-hybridized carbons (Fsp3) is 0.267. The first-order valence-corrected chi connectivity index (χ1v) is 5.35. The third kappa shape index (κ3) is 8.95. The van der Waals surface area contributed by atoms with Crippen molar-refractivity contribution in [3.63, 3.8) is 0 Å². The third-order valence-electron chi connectivity index (χ3n) is 1.84. The molecule has 0 aliphatic carbocycles. The largest absolute Gasteiger partial charge is 0.299 e. The van der Waals surface area contributed by atoms with Crippen molar-refractivity contribution in [2.45, 2.75) is 27.7 Å². The molecule has 0 saturated carbocycles. The number of carbonyl (C=O) groups is 1. The monoisotopic (exact) mass is 216 g/mol. The Bertz CT molecular complexity index is 359. The summed E-state index contributed by atoms with van der Waals surface area (Å²) < 4.78 is 0. The second-order valence-electron chi connectivity index (χ2n) is 3.92. The van der Waals surface area contributed by atoms with Crippen LogP contribution in [0.25, 0.3) is 0 Å². The SMILES string of the molecule is CC(C)=CC=CC(C)=CC=CC(C)=CC=O. The summed E-state index contributed by atoms with van der Waals surface area (Å²) in [6, 6.07) is 0. The molecule has 0 aromatic carbocycles. The van der Waals surface area contributed by atoms with Gasteiger partial charge in [0.1, 0.15) is 6.29 Å². The van der Waals surface area contributed by atoms with Crippen LogP contribution in [0.4, 0.5) is 0 Å². The molecule has 0 rings (SSSR count). The van der Waals surface area contributed by atoms with Gasteiger partial charge in [0.25, 0.3) is 0 Å². The number of rotatable bonds is 5. The van der Waals surface area contributed by atoms with E-state index in [1.165, 1.54) is 11.1 Å². The van der Waals surface area contributed by atoms with E-state index in [4.69, 9.17) is 0 Å². The van der Waals surface area contributed by atoms with Crippen LogP contribution in [-0.4, -0.2) is 6.29 Å². The van der Waals surface area contributed by atoms with Gasteiger partial charge in [0.2, 0.25) is 0 Å². The number of allylic oxidation sites excluding steroid dienone is 10. The Balaban J connectivity index is 4.35. The number of aldehydes is 1. The van der Waals surface area contributed by atoms with E-state index in [0.29, 0.717) is 0 Å². The number of carbonyl (C=O) groups excluding carboxylic acids is 1. The number of hydrogen-bond acceptors (Lipinski definition) is 1. The van der Waals surface area contributed by atoms with Crippen molar-refractivity contribution in [3.8, 4) is 0 Å². The quantitative estimate of drug-likeness (QED) is 0.383. The Hall–Kier alpha value is -1.63. The average Bonchev–Trinajstić information content (AvgIpc) is 2.17. The van der Waals surface area contributed by atoms with Crippen molar-refractivity contribution in [1.82, 2.24) is 0 Å². The first-order valence-electron chi connectivity index (χ1n) is 5.35. The molecule has 0 aliphatic heterocycles. The molecule has 1 nitrogen and oxygen atoms in total. The van der Waals surface area contributed by atoms with Gasteiger partial charge in [-0.1, -0.05) is 47.6 Å². The predicted molar refractivity (Wildman–Crippen MR) is 71.3 cm³/mol. The van der Waals surface area contributed by atoms with Crippen molar-refractivity contribution in [2.75, 3.05) is 0 Å². The summed E-state index contributed by atoms with van der Waals surface area (Å²) in [5.74, 6) is 0. The summed E-state index contributed by atoms with van der Waals surface area (Å²) in [5, 5.41) is 0. The van der Waals surface area contributed by atoms with Gasteiger partial charge in [-0.15, -0.1) is 0 Å². The normalized spacial score (nSPS) is 13.5. The molecule has 0 bridgehead atoms. The minimum atomic E-state index is 0.797. The highest BCUT2D eigenvalue weighted by molar-refractivity contribution is 5.66. The fourth-order valence-electron chi connectivity index (χ4n) is 0.962. The number of hydrogen-bond donors (Lipinski definition) is 0. The maximum absolute atomic E-state index is 10.2. The standard InChI is InChI=1S/C15H20O/c1-13(2)7-5-8-14(3)9-6-10-15(4)11-12-16/h5-12H,1-4H3. The van der Waals surface area contributed by atoms with Gasteiger partial charge in [-0.3, -0.25) is 4.79 Å². The van der Waals surface area contributed by atoms with E-state index in [9.17, 15) is 4.79 Å². The lowest BCUT2D eigenvalue weighted by Gasteiger charge is -1.89. The smallest absolute Gasteiger partial charge is 0.143 e. The van der Waals surface area contributed by atoms with Crippen molar-refractivity contribution >= 4 is 6.29 Å². The summed E-state index contributed by atoms with van der Waals surface area (Å²) in [5.41, 5.74) is 3.41. The fourth-order valence-corrected chi connectivity index (χ4v) is 0.962. The summed E-state index contributed by atoms with van der Waals surface area (Å²) in [7, 11) is 0. The van der Waals surface area contributed by atoms with Crippen LogP contribution in [0.15, 0.2) is 59.3 Å². The minimum Gasteiger partial charge on any atom is -0.299 e. The van der Waals surface area contributed by atoms with Crippen LogP contribution in [0.3, 0.4) is 0 Å². The minimum absolute atomic E-state index is 0.797. The molecule has 16 heavy (non-hydrogen) atoms. The molecule has 0 fully saturated rings. The third-order valence-corrected chi connectivity index (χ3v) is 1.84. The van der Waals surface area contributed by atoms with Gasteiger partial charge >= 0.3 is 0 Å². The van der Waals surface area contributed by atoms with E-state index in [1.54, 1.807) is 6.08 Å². The lowest BCUT2D eigenvalue weighted by molar-refractivity contribution is -0.104. The van der Waals surface area contributed by atoms with E-state index < -0.39 is 0 Å². The second kappa shape index (κ2) is 8.66. The van der Waals surface area contributed by atoms with Gasteiger partial charge in [0.05, 0.1) is 0 Å². The highest BCUT2D eigenvalue weighted by Gasteiger charge is 1.80. The zero-order valence-electron chi connectivity index (χ0n) is 10.5. The van der Waals surface area contributed by atoms with Crippen molar-refractivity contribution < 1.29 is 4.79 Å². The molecule has 0 atom stereocenters. The van der Waals surface area contributed by atoms with Gasteiger partial charge in [0, 0.05) is 0 Å². The van der Waals surface area contributed by atoms with E-state index in [2.05, 4.69) is 26.0 Å². The van der Waals surface area contributed by atoms with Gasteiger partial charge in [0.15, 0.2) is 0 Å². The Morgan fingerprint density at radius 2 is 1.25 bits per heavy atom. The first-order chi connectivity index (χ1) is 7.56. The molecule has 0 N–H and O–H groups in total. The van der Waals surface area contributed by atoms with Crippen LogP contribution >= 0.6 is 0 Å². The van der Waals surface area contributed by atoms with Crippen molar-refractivity contribution in [2.24, 2.45) is 0 Å². The van der Waals surface area contributed by atoms with Crippen LogP contribution in [0.5, 0.6) is 0 Å². The molecular formula is C15H20O. The van der Waals surface area contributed by atoms with E-state index in [1.807, 2.05) is 38.2 Å². The van der Waals surface area contributed by atoms with Gasteiger partial charge < -0.3 is 0 Å². The molecule has 0 radical (unpaired) electrons. The van der Waals surface area contributed by atoms with Gasteiger partial charge in [-0.05, 0) is 39.3 Å². The summed E-state index contributed by atoms with van der Waals surface area (Å²) in [6.45, 7) is 8.07. The molecule has 0 heterocycles.